The number of aromatic nitrogens is 2. The molecule has 0 spiro atoms. The van der Waals surface area contributed by atoms with Crippen LogP contribution in [0, 0.1) is 0 Å². The van der Waals surface area contributed by atoms with Crippen molar-refractivity contribution >= 4 is 37.7 Å². The minimum atomic E-state index is -0.604. The summed E-state index contributed by atoms with van der Waals surface area (Å²) in [5, 5.41) is 1.93. The normalized spacial score (nSPS) is 11.2. The molecule has 0 unspecified atom stereocenters. The minimum Gasteiger partial charge on any atom is -0.316 e. The molecule has 0 radical (unpaired) electrons. The van der Waals surface area contributed by atoms with Crippen molar-refractivity contribution in [3.8, 4) is 0 Å². The van der Waals surface area contributed by atoms with Crippen LogP contribution in [0.4, 0.5) is 0 Å². The number of H-pyrrole nitrogens is 1. The van der Waals surface area contributed by atoms with Crippen LogP contribution in [0.5, 0.6) is 0 Å². The van der Waals surface area contributed by atoms with Crippen LogP contribution in [0.2, 0.25) is 0 Å². The third kappa shape index (κ3) is 1.44. The van der Waals surface area contributed by atoms with Gasteiger partial charge in [-0.25, -0.2) is 0 Å². The van der Waals surface area contributed by atoms with Crippen molar-refractivity contribution in [1.82, 2.24) is 9.55 Å². The second-order valence-corrected chi connectivity index (χ2v) is 4.97. The lowest BCUT2D eigenvalue weighted by Gasteiger charge is -2.09. The molecule has 90 valence electrons. The number of nitrogens with one attached hydrogen (secondary N) is 1. The fourth-order valence-electron chi connectivity index (χ4n) is 2.20. The molecule has 0 saturated carbocycles. The van der Waals surface area contributed by atoms with Crippen molar-refractivity contribution < 1.29 is 0 Å². The van der Waals surface area contributed by atoms with Gasteiger partial charge in [-0.2, -0.15) is 0 Å². The van der Waals surface area contributed by atoms with Gasteiger partial charge in [-0.3, -0.25) is 9.59 Å². The predicted molar refractivity (Wildman–Crippen MR) is 75.0 cm³/mol. The number of rotatable bonds is 0. The standard InChI is InChI=1S/C13H9BrN2O2/c1-16-11-8-5-3-2-4-7(8)9(14)6-10(11)15-12(17)13(16)18/h2-6H,1H3,(H,15,17). The summed E-state index contributed by atoms with van der Waals surface area (Å²) in [5.41, 5.74) is 0.230. The van der Waals surface area contributed by atoms with Crippen LogP contribution < -0.4 is 11.1 Å². The SMILES string of the molecule is Cn1c(=O)c(=O)[nH]c2cc(Br)c3ccccc3c21. The smallest absolute Gasteiger partial charge is 0.316 e. The Balaban J connectivity index is 2.74. The molecule has 0 bridgehead atoms. The second kappa shape index (κ2) is 3.81. The lowest BCUT2D eigenvalue weighted by Crippen LogP contribution is -2.34. The van der Waals surface area contributed by atoms with Gasteiger partial charge in [-0.05, 0) is 11.5 Å². The molecule has 1 N–H and O–H groups in total. The molecule has 2 aromatic carbocycles. The summed E-state index contributed by atoms with van der Waals surface area (Å²) in [6.07, 6.45) is 0. The van der Waals surface area contributed by atoms with Crippen molar-refractivity contribution in [3.63, 3.8) is 0 Å². The molecule has 4 nitrogen and oxygen atoms in total. The first-order chi connectivity index (χ1) is 8.59. The fraction of sp³-hybridized carbons (Fsp3) is 0.0769. The molecular weight excluding hydrogens is 296 g/mol. The Morgan fingerprint density at radius 1 is 1.17 bits per heavy atom. The maximum absolute atomic E-state index is 11.7. The van der Waals surface area contributed by atoms with Crippen LogP contribution in [0.1, 0.15) is 0 Å². The van der Waals surface area contributed by atoms with Gasteiger partial charge in [0.1, 0.15) is 0 Å². The molecule has 1 heterocycles. The largest absolute Gasteiger partial charge is 0.316 e. The van der Waals surface area contributed by atoms with E-state index in [-0.39, 0.29) is 0 Å². The van der Waals surface area contributed by atoms with Gasteiger partial charge < -0.3 is 9.55 Å². The van der Waals surface area contributed by atoms with Gasteiger partial charge in [0.15, 0.2) is 0 Å². The number of halogens is 1. The van der Waals surface area contributed by atoms with Crippen molar-refractivity contribution in [1.29, 1.82) is 0 Å². The lowest BCUT2D eigenvalue weighted by atomic mass is 10.1. The molecule has 1 aromatic heterocycles. The van der Waals surface area contributed by atoms with Crippen LogP contribution >= 0.6 is 15.9 Å². The molecule has 0 aliphatic carbocycles. The number of hydrogen-bond donors (Lipinski definition) is 1. The van der Waals surface area contributed by atoms with E-state index in [1.165, 1.54) is 4.57 Å². The van der Waals surface area contributed by atoms with Crippen molar-refractivity contribution in [2.45, 2.75) is 0 Å². The molecule has 0 amide bonds. The Morgan fingerprint density at radius 2 is 1.83 bits per heavy atom. The number of hydrogen-bond acceptors (Lipinski definition) is 2. The lowest BCUT2D eigenvalue weighted by molar-refractivity contribution is 0.877. The summed E-state index contributed by atoms with van der Waals surface area (Å²) >= 11 is 3.48. The second-order valence-electron chi connectivity index (χ2n) is 4.12. The van der Waals surface area contributed by atoms with Gasteiger partial charge in [0, 0.05) is 16.9 Å². The van der Waals surface area contributed by atoms with Gasteiger partial charge in [-0.1, -0.05) is 40.2 Å². The Bertz CT molecular complexity index is 893. The molecule has 0 aliphatic rings. The number of nitrogens with zero attached hydrogens (tertiary/aromatic N) is 1. The fourth-order valence-corrected chi connectivity index (χ4v) is 2.78. The van der Waals surface area contributed by atoms with E-state index >= 15 is 0 Å². The van der Waals surface area contributed by atoms with E-state index in [2.05, 4.69) is 20.9 Å². The van der Waals surface area contributed by atoms with Gasteiger partial charge in [0.05, 0.1) is 11.0 Å². The quantitative estimate of drug-likeness (QED) is 0.511. The van der Waals surface area contributed by atoms with Gasteiger partial charge in [-0.15, -0.1) is 0 Å². The maximum atomic E-state index is 11.7. The summed E-state index contributed by atoms with van der Waals surface area (Å²) in [7, 11) is 1.61. The van der Waals surface area contributed by atoms with E-state index in [0.717, 1.165) is 20.8 Å². The average molecular weight is 305 g/mol. The number of aryl methyl sites for hydroxylation is 1. The van der Waals surface area contributed by atoms with Crippen LogP contribution in [-0.2, 0) is 7.05 Å². The zero-order valence-electron chi connectivity index (χ0n) is 9.53. The monoisotopic (exact) mass is 304 g/mol. The van der Waals surface area contributed by atoms with Crippen LogP contribution in [-0.4, -0.2) is 9.55 Å². The highest BCUT2D eigenvalue weighted by Crippen LogP contribution is 2.29. The third-order valence-electron chi connectivity index (χ3n) is 3.05. The highest BCUT2D eigenvalue weighted by atomic mass is 79.9. The van der Waals surface area contributed by atoms with Gasteiger partial charge in [0.2, 0.25) is 0 Å². The topological polar surface area (TPSA) is 54.9 Å². The molecule has 5 heteroatoms. The highest BCUT2D eigenvalue weighted by molar-refractivity contribution is 9.10. The van der Waals surface area contributed by atoms with Crippen LogP contribution in [0.15, 0.2) is 44.4 Å². The zero-order valence-corrected chi connectivity index (χ0v) is 11.1. The average Bonchev–Trinajstić information content (AvgIpc) is 2.36. The van der Waals surface area contributed by atoms with E-state index in [4.69, 9.17) is 0 Å². The summed E-state index contributed by atoms with van der Waals surface area (Å²) in [4.78, 5) is 25.8. The summed E-state index contributed by atoms with van der Waals surface area (Å²) < 4.78 is 2.28. The first-order valence-electron chi connectivity index (χ1n) is 5.40. The Kier molecular flexibility index (Phi) is 2.38. The first kappa shape index (κ1) is 11.2. The minimum absolute atomic E-state index is 0.546. The molecule has 0 atom stereocenters. The van der Waals surface area contributed by atoms with Crippen molar-refractivity contribution in [3.05, 3.63) is 55.5 Å². The third-order valence-corrected chi connectivity index (χ3v) is 3.70. The molecule has 0 aliphatic heterocycles. The summed E-state index contributed by atoms with van der Waals surface area (Å²) in [5.74, 6) is 0. The van der Waals surface area contributed by atoms with Crippen molar-refractivity contribution in [2.75, 3.05) is 0 Å². The van der Waals surface area contributed by atoms with E-state index in [1.807, 2.05) is 30.3 Å². The number of fused-ring (bicyclic) bond motifs is 3. The van der Waals surface area contributed by atoms with Gasteiger partial charge >= 0.3 is 11.1 Å². The van der Waals surface area contributed by atoms with E-state index in [9.17, 15) is 9.59 Å². The molecule has 18 heavy (non-hydrogen) atoms. The first-order valence-corrected chi connectivity index (χ1v) is 6.19. The predicted octanol–water partition coefficient (Wildman–Crippen LogP) is 2.14. The number of benzene rings is 2. The van der Waals surface area contributed by atoms with E-state index in [0.29, 0.717) is 5.52 Å². The number of aromatic amines is 1. The van der Waals surface area contributed by atoms with E-state index in [1.54, 1.807) is 7.05 Å². The molecule has 0 saturated heterocycles. The Hall–Kier alpha value is -1.88. The van der Waals surface area contributed by atoms with Crippen LogP contribution in [0.25, 0.3) is 21.8 Å². The summed E-state index contributed by atoms with van der Waals surface area (Å²) in [6.45, 7) is 0. The maximum Gasteiger partial charge on any atom is 0.316 e. The molecular formula is C13H9BrN2O2. The Morgan fingerprint density at radius 3 is 2.56 bits per heavy atom. The molecule has 0 fully saturated rings. The van der Waals surface area contributed by atoms with Crippen LogP contribution in [0.3, 0.4) is 0 Å². The van der Waals surface area contributed by atoms with Gasteiger partial charge in [0.25, 0.3) is 0 Å². The molecule has 3 rings (SSSR count). The van der Waals surface area contributed by atoms with Crippen molar-refractivity contribution in [2.24, 2.45) is 7.05 Å². The highest BCUT2D eigenvalue weighted by Gasteiger charge is 2.10. The Labute approximate surface area is 110 Å². The zero-order chi connectivity index (χ0) is 12.9. The van der Waals surface area contributed by atoms with E-state index < -0.39 is 11.1 Å². The summed E-state index contributed by atoms with van der Waals surface area (Å²) in [6, 6.07) is 9.56. The molecule has 3 aromatic rings.